The molecule has 1 aliphatic carbocycles. The maximum Gasteiger partial charge on any atom is 0.260 e. The van der Waals surface area contributed by atoms with Crippen LogP contribution in [-0.4, -0.2) is 34.0 Å². The molecule has 2 aliphatic rings. The second kappa shape index (κ2) is 12.7. The van der Waals surface area contributed by atoms with Gasteiger partial charge in [0.15, 0.2) is 0 Å². The number of amides is 2. The lowest BCUT2D eigenvalue weighted by Crippen LogP contribution is -2.50. The number of rotatable bonds is 8. The summed E-state index contributed by atoms with van der Waals surface area (Å²) in [6.07, 6.45) is 8.46. The molecule has 3 aromatic rings. The van der Waals surface area contributed by atoms with Crippen molar-refractivity contribution in [3.05, 3.63) is 112 Å². The number of benzene rings is 3. The summed E-state index contributed by atoms with van der Waals surface area (Å²) in [6, 6.07) is 26.8. The summed E-state index contributed by atoms with van der Waals surface area (Å²) in [6.45, 7) is 4.80. The van der Waals surface area contributed by atoms with Gasteiger partial charge in [-0.15, -0.1) is 11.8 Å². The quantitative estimate of drug-likeness (QED) is 0.309. The third kappa shape index (κ3) is 7.02. The maximum atomic E-state index is 13.7. The zero-order valence-corrected chi connectivity index (χ0v) is 23.8. The molecule has 0 aromatic heterocycles. The SMILES string of the molecule is Cc1cccc(CN2C(=O)/C(=C\c3ccc(C(=O)NC(C)CCc4ccccc4)cc3)SC3CCCCC32)c1. The van der Waals surface area contributed by atoms with Crippen LogP contribution in [0.4, 0.5) is 0 Å². The number of nitrogens with zero attached hydrogens (tertiary/aromatic N) is 1. The Bertz CT molecular complexity index is 1320. The molecular formula is C34H38N2O2S. The molecule has 4 nitrogen and oxygen atoms in total. The van der Waals surface area contributed by atoms with Crippen molar-refractivity contribution in [2.45, 2.75) is 76.3 Å². The molecular weight excluding hydrogens is 500 g/mol. The molecule has 202 valence electrons. The molecule has 5 heteroatoms. The van der Waals surface area contributed by atoms with Gasteiger partial charge in [-0.1, -0.05) is 85.1 Å². The van der Waals surface area contributed by atoms with Gasteiger partial charge in [0.05, 0.1) is 4.91 Å². The van der Waals surface area contributed by atoms with E-state index in [-0.39, 0.29) is 17.9 Å². The highest BCUT2D eigenvalue weighted by Crippen LogP contribution is 2.42. The molecule has 2 amide bonds. The van der Waals surface area contributed by atoms with Crippen molar-refractivity contribution in [2.24, 2.45) is 0 Å². The fraction of sp³-hybridized carbons (Fsp3) is 0.353. The largest absolute Gasteiger partial charge is 0.350 e. The van der Waals surface area contributed by atoms with Crippen molar-refractivity contribution in [1.82, 2.24) is 10.2 Å². The van der Waals surface area contributed by atoms with E-state index in [0.29, 0.717) is 23.4 Å². The molecule has 0 bridgehead atoms. The van der Waals surface area contributed by atoms with Gasteiger partial charge in [-0.2, -0.15) is 0 Å². The van der Waals surface area contributed by atoms with Crippen LogP contribution >= 0.6 is 11.8 Å². The predicted molar refractivity (Wildman–Crippen MR) is 161 cm³/mol. The van der Waals surface area contributed by atoms with Crippen molar-refractivity contribution in [3.8, 4) is 0 Å². The summed E-state index contributed by atoms with van der Waals surface area (Å²) in [5.74, 6) is 0.0611. The number of carbonyl (C=O) groups is 2. The van der Waals surface area contributed by atoms with Gasteiger partial charge in [-0.25, -0.2) is 0 Å². The Morgan fingerprint density at radius 2 is 1.74 bits per heavy atom. The first kappa shape index (κ1) is 27.3. The van der Waals surface area contributed by atoms with Gasteiger partial charge >= 0.3 is 0 Å². The first-order chi connectivity index (χ1) is 19.0. The normalized spacial score (nSPS) is 20.9. The first-order valence-electron chi connectivity index (χ1n) is 14.2. The minimum Gasteiger partial charge on any atom is -0.350 e. The van der Waals surface area contributed by atoms with Crippen LogP contribution in [0.5, 0.6) is 0 Å². The Morgan fingerprint density at radius 3 is 2.51 bits per heavy atom. The van der Waals surface area contributed by atoms with E-state index >= 15 is 0 Å². The lowest BCUT2D eigenvalue weighted by atomic mass is 9.92. The van der Waals surface area contributed by atoms with E-state index < -0.39 is 0 Å². The third-order valence-corrected chi connectivity index (χ3v) is 9.21. The number of hydrogen-bond donors (Lipinski definition) is 1. The minimum absolute atomic E-state index is 0.0627. The lowest BCUT2D eigenvalue weighted by Gasteiger charge is -2.44. The van der Waals surface area contributed by atoms with E-state index in [1.807, 2.05) is 55.5 Å². The van der Waals surface area contributed by atoms with Gasteiger partial charge < -0.3 is 10.2 Å². The van der Waals surface area contributed by atoms with Crippen LogP contribution in [0.3, 0.4) is 0 Å². The predicted octanol–water partition coefficient (Wildman–Crippen LogP) is 7.17. The second-order valence-electron chi connectivity index (χ2n) is 11.0. The van der Waals surface area contributed by atoms with Crippen molar-refractivity contribution >= 4 is 29.7 Å². The molecule has 3 atom stereocenters. The maximum absolute atomic E-state index is 13.7. The molecule has 1 saturated carbocycles. The second-order valence-corrected chi connectivity index (χ2v) is 12.2. The molecule has 5 rings (SSSR count). The highest BCUT2D eigenvalue weighted by molar-refractivity contribution is 8.04. The molecule has 0 radical (unpaired) electrons. The lowest BCUT2D eigenvalue weighted by molar-refractivity contribution is -0.130. The molecule has 1 N–H and O–H groups in total. The van der Waals surface area contributed by atoms with Crippen molar-refractivity contribution < 1.29 is 9.59 Å². The van der Waals surface area contributed by atoms with Gasteiger partial charge in [0, 0.05) is 29.4 Å². The smallest absolute Gasteiger partial charge is 0.260 e. The Labute approximate surface area is 236 Å². The highest BCUT2D eigenvalue weighted by Gasteiger charge is 2.40. The van der Waals surface area contributed by atoms with Crippen molar-refractivity contribution in [2.75, 3.05) is 0 Å². The van der Waals surface area contributed by atoms with Crippen LogP contribution in [0.2, 0.25) is 0 Å². The van der Waals surface area contributed by atoms with Gasteiger partial charge in [0.25, 0.3) is 11.8 Å². The van der Waals surface area contributed by atoms with E-state index in [4.69, 9.17) is 0 Å². The number of hydrogen-bond acceptors (Lipinski definition) is 3. The summed E-state index contributed by atoms with van der Waals surface area (Å²) >= 11 is 1.75. The number of fused-ring (bicyclic) bond motifs is 1. The first-order valence-corrected chi connectivity index (χ1v) is 15.0. The van der Waals surface area contributed by atoms with Gasteiger partial charge in [0.2, 0.25) is 0 Å². The van der Waals surface area contributed by atoms with Crippen LogP contribution in [0.25, 0.3) is 6.08 Å². The molecule has 1 heterocycles. The molecule has 1 aliphatic heterocycles. The molecule has 2 fully saturated rings. The molecule has 1 saturated heterocycles. The van der Waals surface area contributed by atoms with E-state index in [0.717, 1.165) is 36.2 Å². The van der Waals surface area contributed by atoms with Crippen LogP contribution in [-0.2, 0) is 17.8 Å². The van der Waals surface area contributed by atoms with E-state index in [9.17, 15) is 9.59 Å². The Hall–Kier alpha value is -3.31. The number of nitrogens with one attached hydrogen (secondary N) is 1. The Kier molecular flexibility index (Phi) is 8.88. The van der Waals surface area contributed by atoms with Crippen LogP contribution < -0.4 is 5.32 Å². The average molecular weight is 539 g/mol. The summed E-state index contributed by atoms with van der Waals surface area (Å²) in [7, 11) is 0. The molecule has 3 aromatic carbocycles. The highest BCUT2D eigenvalue weighted by atomic mass is 32.2. The molecule has 3 unspecified atom stereocenters. The average Bonchev–Trinajstić information content (AvgIpc) is 2.95. The van der Waals surface area contributed by atoms with E-state index in [1.54, 1.807) is 11.8 Å². The van der Waals surface area contributed by atoms with Gasteiger partial charge in [0.1, 0.15) is 0 Å². The monoisotopic (exact) mass is 538 g/mol. The molecule has 39 heavy (non-hydrogen) atoms. The summed E-state index contributed by atoms with van der Waals surface area (Å²) < 4.78 is 0. The fourth-order valence-corrected chi connectivity index (χ4v) is 7.13. The van der Waals surface area contributed by atoms with Crippen molar-refractivity contribution in [1.29, 1.82) is 0 Å². The molecule has 0 spiro atoms. The third-order valence-electron chi connectivity index (χ3n) is 7.81. The minimum atomic E-state index is -0.0627. The van der Waals surface area contributed by atoms with E-state index in [1.165, 1.54) is 29.5 Å². The standard InChI is InChI=1S/C34H38N2O2S/c1-24-9-8-12-28(21-24)23-36-30-13-6-7-14-31(30)39-32(34(36)38)22-27-17-19-29(20-18-27)33(37)35-25(2)15-16-26-10-4-3-5-11-26/h3-5,8-12,17-22,25,30-31H,6-7,13-16,23H2,1-2H3,(H,35,37)/b32-22+. The number of thioether (sulfide) groups is 1. The summed E-state index contributed by atoms with van der Waals surface area (Å²) in [5.41, 5.74) is 5.27. The van der Waals surface area contributed by atoms with E-state index in [2.05, 4.69) is 53.5 Å². The van der Waals surface area contributed by atoms with Crippen LogP contribution in [0.15, 0.2) is 83.8 Å². The Morgan fingerprint density at radius 1 is 1.00 bits per heavy atom. The number of aryl methyl sites for hydroxylation is 2. The summed E-state index contributed by atoms with van der Waals surface area (Å²) in [5, 5.41) is 3.56. The topological polar surface area (TPSA) is 49.4 Å². The zero-order valence-electron chi connectivity index (χ0n) is 22.9. The van der Waals surface area contributed by atoms with Crippen molar-refractivity contribution in [3.63, 3.8) is 0 Å². The van der Waals surface area contributed by atoms with Crippen LogP contribution in [0, 0.1) is 6.92 Å². The zero-order chi connectivity index (χ0) is 27.2. The Balaban J connectivity index is 1.25. The summed E-state index contributed by atoms with van der Waals surface area (Å²) in [4.78, 5) is 29.4. The van der Waals surface area contributed by atoms with Gasteiger partial charge in [-0.05, 0) is 74.4 Å². The van der Waals surface area contributed by atoms with Crippen LogP contribution in [0.1, 0.15) is 71.6 Å². The fourth-order valence-electron chi connectivity index (χ4n) is 5.66. The van der Waals surface area contributed by atoms with Gasteiger partial charge in [-0.3, -0.25) is 9.59 Å². The number of carbonyl (C=O) groups excluding carboxylic acids is 2.